The number of hydrogen-bond acceptors (Lipinski definition) is 2. The average Bonchev–Trinajstić information content (AvgIpc) is 2.43. The molecule has 20 heavy (non-hydrogen) atoms. The van der Waals surface area contributed by atoms with E-state index >= 15 is 0 Å². The lowest BCUT2D eigenvalue weighted by molar-refractivity contribution is 0.472. The van der Waals surface area contributed by atoms with Gasteiger partial charge in [0.2, 0.25) is 0 Å². The molecule has 104 valence electrons. The maximum atomic E-state index is 13.3. The molecular weight excluding hydrogens is 253 g/mol. The van der Waals surface area contributed by atoms with Crippen LogP contribution < -0.4 is 5.32 Å². The average molecular weight is 271 g/mol. The van der Waals surface area contributed by atoms with Crippen molar-refractivity contribution in [2.24, 2.45) is 0 Å². The number of aromatic hydroxyl groups is 1. The Hall–Kier alpha value is -2.03. The Bertz CT molecular complexity index is 639. The summed E-state index contributed by atoms with van der Waals surface area (Å²) >= 11 is 0. The van der Waals surface area contributed by atoms with Crippen molar-refractivity contribution in [1.82, 2.24) is 0 Å². The highest BCUT2D eigenvalue weighted by Crippen LogP contribution is 2.34. The van der Waals surface area contributed by atoms with Crippen molar-refractivity contribution in [1.29, 1.82) is 0 Å². The number of phenols is 1. The zero-order valence-corrected chi connectivity index (χ0v) is 11.5. The molecule has 3 rings (SSSR count). The third-order valence-electron chi connectivity index (χ3n) is 3.94. The van der Waals surface area contributed by atoms with Crippen molar-refractivity contribution in [2.75, 3.05) is 5.32 Å². The zero-order valence-electron chi connectivity index (χ0n) is 11.5. The molecule has 0 radical (unpaired) electrons. The maximum absolute atomic E-state index is 13.3. The maximum Gasteiger partial charge on any atom is 0.126 e. The molecule has 2 aromatic carbocycles. The number of aryl methyl sites for hydroxylation is 2. The van der Waals surface area contributed by atoms with Crippen molar-refractivity contribution in [3.05, 3.63) is 58.9 Å². The first-order chi connectivity index (χ1) is 9.63. The molecule has 1 unspecified atom stereocenters. The van der Waals surface area contributed by atoms with Gasteiger partial charge in [-0.2, -0.15) is 0 Å². The summed E-state index contributed by atoms with van der Waals surface area (Å²) in [5.41, 5.74) is 4.02. The van der Waals surface area contributed by atoms with Gasteiger partial charge in [-0.05, 0) is 73.2 Å². The van der Waals surface area contributed by atoms with Gasteiger partial charge in [-0.3, -0.25) is 0 Å². The van der Waals surface area contributed by atoms with Gasteiger partial charge in [0.15, 0.2) is 0 Å². The van der Waals surface area contributed by atoms with Crippen molar-refractivity contribution < 1.29 is 9.50 Å². The molecule has 2 aromatic rings. The highest BCUT2D eigenvalue weighted by atomic mass is 19.1. The molecule has 0 spiro atoms. The van der Waals surface area contributed by atoms with Crippen molar-refractivity contribution in [3.8, 4) is 5.75 Å². The van der Waals surface area contributed by atoms with Crippen LogP contribution in [-0.2, 0) is 6.42 Å². The molecule has 0 fully saturated rings. The van der Waals surface area contributed by atoms with Gasteiger partial charge < -0.3 is 10.4 Å². The molecule has 0 bridgehead atoms. The first-order valence-corrected chi connectivity index (χ1v) is 6.98. The molecule has 1 atom stereocenters. The van der Waals surface area contributed by atoms with Gasteiger partial charge in [-0.1, -0.05) is 6.07 Å². The Morgan fingerprint density at radius 2 is 2.05 bits per heavy atom. The van der Waals surface area contributed by atoms with Gasteiger partial charge >= 0.3 is 0 Å². The number of halogens is 1. The summed E-state index contributed by atoms with van der Waals surface area (Å²) in [6, 6.07) is 10.9. The molecule has 3 heteroatoms. The molecule has 0 amide bonds. The monoisotopic (exact) mass is 271 g/mol. The summed E-state index contributed by atoms with van der Waals surface area (Å²) in [7, 11) is 0. The molecule has 0 aliphatic heterocycles. The molecule has 0 aromatic heterocycles. The van der Waals surface area contributed by atoms with Crippen LogP contribution in [0.1, 0.15) is 35.6 Å². The van der Waals surface area contributed by atoms with E-state index in [1.54, 1.807) is 19.1 Å². The highest BCUT2D eigenvalue weighted by molar-refractivity contribution is 5.50. The van der Waals surface area contributed by atoms with Gasteiger partial charge in [0.1, 0.15) is 11.6 Å². The van der Waals surface area contributed by atoms with E-state index in [4.69, 9.17) is 0 Å². The van der Waals surface area contributed by atoms with Gasteiger partial charge in [0.25, 0.3) is 0 Å². The van der Waals surface area contributed by atoms with E-state index in [0.717, 1.165) is 24.9 Å². The third-order valence-corrected chi connectivity index (χ3v) is 3.94. The van der Waals surface area contributed by atoms with Gasteiger partial charge in [-0.25, -0.2) is 4.39 Å². The van der Waals surface area contributed by atoms with Crippen LogP contribution in [-0.4, -0.2) is 5.11 Å². The summed E-state index contributed by atoms with van der Waals surface area (Å²) in [5.74, 6) is 0.145. The Morgan fingerprint density at radius 3 is 2.85 bits per heavy atom. The van der Waals surface area contributed by atoms with Crippen LogP contribution in [0.5, 0.6) is 5.75 Å². The van der Waals surface area contributed by atoms with Crippen LogP contribution in [0.4, 0.5) is 10.1 Å². The van der Waals surface area contributed by atoms with Crippen molar-refractivity contribution in [2.45, 2.75) is 32.2 Å². The second kappa shape index (κ2) is 5.16. The van der Waals surface area contributed by atoms with Crippen LogP contribution in [0.2, 0.25) is 0 Å². The van der Waals surface area contributed by atoms with Crippen LogP contribution in [0.25, 0.3) is 0 Å². The Morgan fingerprint density at radius 1 is 1.20 bits per heavy atom. The quantitative estimate of drug-likeness (QED) is 0.852. The van der Waals surface area contributed by atoms with E-state index in [9.17, 15) is 9.50 Å². The molecular formula is C17H18FNO. The predicted octanol–water partition coefficient (Wildman–Crippen LogP) is 4.33. The molecule has 0 saturated carbocycles. The number of anilines is 1. The Kier molecular flexibility index (Phi) is 3.35. The lowest BCUT2D eigenvalue weighted by Gasteiger charge is -2.27. The van der Waals surface area contributed by atoms with Gasteiger partial charge in [0.05, 0.1) is 6.04 Å². The van der Waals surface area contributed by atoms with E-state index in [-0.39, 0.29) is 11.9 Å². The standard InChI is InChI=1S/C17H18FNO/c1-11-9-13(5-8-16(11)18)19-17-4-2-3-12-10-14(20)6-7-15(12)17/h5-10,17,19-20H,2-4H2,1H3. The zero-order chi connectivity index (χ0) is 14.1. The molecule has 2 nitrogen and oxygen atoms in total. The largest absolute Gasteiger partial charge is 0.508 e. The van der Waals surface area contributed by atoms with E-state index < -0.39 is 0 Å². The van der Waals surface area contributed by atoms with Crippen LogP contribution in [0.15, 0.2) is 36.4 Å². The summed E-state index contributed by atoms with van der Waals surface area (Å²) in [5, 5.41) is 13.0. The van der Waals surface area contributed by atoms with E-state index in [1.165, 1.54) is 17.2 Å². The summed E-state index contributed by atoms with van der Waals surface area (Å²) < 4.78 is 13.3. The molecule has 1 aliphatic rings. The first-order valence-electron chi connectivity index (χ1n) is 6.98. The second-order valence-corrected chi connectivity index (χ2v) is 5.44. The number of benzene rings is 2. The highest BCUT2D eigenvalue weighted by Gasteiger charge is 2.20. The van der Waals surface area contributed by atoms with Crippen molar-refractivity contribution in [3.63, 3.8) is 0 Å². The van der Waals surface area contributed by atoms with Gasteiger partial charge in [-0.15, -0.1) is 0 Å². The van der Waals surface area contributed by atoms with Crippen LogP contribution in [0.3, 0.4) is 0 Å². The molecule has 0 saturated heterocycles. The third kappa shape index (κ3) is 2.48. The summed E-state index contributed by atoms with van der Waals surface area (Å²) in [6.07, 6.45) is 3.15. The minimum absolute atomic E-state index is 0.176. The Labute approximate surface area is 118 Å². The summed E-state index contributed by atoms with van der Waals surface area (Å²) in [4.78, 5) is 0. The lowest BCUT2D eigenvalue weighted by atomic mass is 9.87. The van der Waals surface area contributed by atoms with Crippen molar-refractivity contribution >= 4 is 5.69 Å². The SMILES string of the molecule is Cc1cc(NC2CCCc3cc(O)ccc32)ccc1F. The van der Waals surface area contributed by atoms with E-state index in [2.05, 4.69) is 5.32 Å². The lowest BCUT2D eigenvalue weighted by Crippen LogP contribution is -2.17. The Balaban J connectivity index is 1.87. The smallest absolute Gasteiger partial charge is 0.126 e. The fourth-order valence-corrected chi connectivity index (χ4v) is 2.89. The van der Waals surface area contributed by atoms with E-state index in [1.807, 2.05) is 18.2 Å². The minimum atomic E-state index is -0.176. The molecule has 0 heterocycles. The number of fused-ring (bicyclic) bond motifs is 1. The topological polar surface area (TPSA) is 32.3 Å². The second-order valence-electron chi connectivity index (χ2n) is 5.44. The summed E-state index contributed by atoms with van der Waals surface area (Å²) in [6.45, 7) is 1.77. The number of nitrogens with one attached hydrogen (secondary N) is 1. The number of hydrogen-bond donors (Lipinski definition) is 2. The predicted molar refractivity (Wildman–Crippen MR) is 78.5 cm³/mol. The number of rotatable bonds is 2. The molecule has 1 aliphatic carbocycles. The minimum Gasteiger partial charge on any atom is -0.508 e. The van der Waals surface area contributed by atoms with E-state index in [0.29, 0.717) is 11.3 Å². The first kappa shape index (κ1) is 13.0. The van der Waals surface area contributed by atoms with Crippen LogP contribution in [0, 0.1) is 12.7 Å². The van der Waals surface area contributed by atoms with Crippen LogP contribution >= 0.6 is 0 Å². The normalized spacial score (nSPS) is 17.6. The molecule has 2 N–H and O–H groups in total. The van der Waals surface area contributed by atoms with Gasteiger partial charge in [0, 0.05) is 5.69 Å². The fourth-order valence-electron chi connectivity index (χ4n) is 2.89. The fraction of sp³-hybridized carbons (Fsp3) is 0.294. The number of phenolic OH excluding ortho intramolecular Hbond substituents is 1.